The SMILES string of the molecule is CN=C(NCCN(C)CCCOC)NCCS(=O)C(C)(C)C.I. The first kappa shape index (κ1) is 25.3. The van der Waals surface area contributed by atoms with E-state index < -0.39 is 10.8 Å². The van der Waals surface area contributed by atoms with Crippen molar-refractivity contribution >= 4 is 40.7 Å². The average molecular weight is 462 g/mol. The first-order chi connectivity index (χ1) is 10.3. The van der Waals surface area contributed by atoms with Crippen molar-refractivity contribution in [2.24, 2.45) is 4.99 Å². The van der Waals surface area contributed by atoms with E-state index in [0.717, 1.165) is 38.6 Å². The predicted octanol–water partition coefficient (Wildman–Crippen LogP) is 1.28. The number of hydrogen-bond donors (Lipinski definition) is 2. The third kappa shape index (κ3) is 14.1. The standard InChI is InChI=1S/C15H34N4O2S.HI/c1-15(2,3)22(20)13-9-18-14(16-4)17-8-11-19(5)10-7-12-21-6;/h7-13H2,1-6H3,(H2,16,17,18);1H. The van der Waals surface area contributed by atoms with Gasteiger partial charge in [0.1, 0.15) is 0 Å². The van der Waals surface area contributed by atoms with Crippen molar-refractivity contribution in [1.29, 1.82) is 0 Å². The Balaban J connectivity index is 0. The summed E-state index contributed by atoms with van der Waals surface area (Å²) in [4.78, 5) is 6.43. The van der Waals surface area contributed by atoms with E-state index in [4.69, 9.17) is 4.74 Å². The lowest BCUT2D eigenvalue weighted by molar-refractivity contribution is 0.180. The Morgan fingerprint density at radius 3 is 2.35 bits per heavy atom. The summed E-state index contributed by atoms with van der Waals surface area (Å²) in [5, 5.41) is 6.48. The second-order valence-electron chi connectivity index (χ2n) is 6.24. The molecule has 6 nitrogen and oxygen atoms in total. The smallest absolute Gasteiger partial charge is 0.191 e. The molecule has 0 bridgehead atoms. The van der Waals surface area contributed by atoms with Gasteiger partial charge in [0.05, 0.1) is 0 Å². The van der Waals surface area contributed by atoms with E-state index in [1.165, 1.54) is 0 Å². The second-order valence-corrected chi connectivity index (χ2v) is 8.56. The van der Waals surface area contributed by atoms with Crippen molar-refractivity contribution in [3.05, 3.63) is 0 Å². The molecule has 8 heteroatoms. The highest BCUT2D eigenvalue weighted by atomic mass is 127. The number of hydrogen-bond acceptors (Lipinski definition) is 4. The van der Waals surface area contributed by atoms with Gasteiger partial charge in [0, 0.05) is 68.2 Å². The van der Waals surface area contributed by atoms with E-state index in [9.17, 15) is 4.21 Å². The fourth-order valence-corrected chi connectivity index (χ4v) is 2.64. The van der Waals surface area contributed by atoms with Gasteiger partial charge >= 0.3 is 0 Å². The first-order valence-electron chi connectivity index (χ1n) is 7.81. The third-order valence-corrected chi connectivity index (χ3v) is 5.10. The number of nitrogens with zero attached hydrogens (tertiary/aromatic N) is 2. The maximum absolute atomic E-state index is 12.0. The molecule has 0 aromatic heterocycles. The number of guanidine groups is 1. The monoisotopic (exact) mass is 462 g/mol. The fourth-order valence-electron chi connectivity index (χ4n) is 1.74. The molecule has 0 aromatic rings. The zero-order valence-corrected chi connectivity index (χ0v) is 18.6. The van der Waals surface area contributed by atoms with Gasteiger partial charge in [-0.2, -0.15) is 0 Å². The molecule has 23 heavy (non-hydrogen) atoms. The molecular formula is C15H35IN4O2S. The van der Waals surface area contributed by atoms with Gasteiger partial charge in [-0.1, -0.05) is 0 Å². The fraction of sp³-hybridized carbons (Fsp3) is 0.933. The molecule has 0 radical (unpaired) electrons. The van der Waals surface area contributed by atoms with Crippen molar-refractivity contribution < 1.29 is 8.95 Å². The molecule has 0 saturated heterocycles. The third-order valence-electron chi connectivity index (χ3n) is 3.16. The van der Waals surface area contributed by atoms with Gasteiger partial charge in [-0.3, -0.25) is 9.20 Å². The number of halogens is 1. The summed E-state index contributed by atoms with van der Waals surface area (Å²) in [7, 11) is 4.73. The topological polar surface area (TPSA) is 66.0 Å². The van der Waals surface area contributed by atoms with Crippen LogP contribution in [-0.4, -0.2) is 79.6 Å². The number of nitrogens with one attached hydrogen (secondary N) is 2. The quantitative estimate of drug-likeness (QED) is 0.222. The van der Waals surface area contributed by atoms with Crippen molar-refractivity contribution in [2.75, 3.05) is 59.7 Å². The molecule has 0 spiro atoms. The van der Waals surface area contributed by atoms with Gasteiger partial charge in [0.25, 0.3) is 0 Å². The van der Waals surface area contributed by atoms with Gasteiger partial charge < -0.3 is 20.3 Å². The lowest BCUT2D eigenvalue weighted by Gasteiger charge is -2.19. The summed E-state index contributed by atoms with van der Waals surface area (Å²) < 4.78 is 16.8. The van der Waals surface area contributed by atoms with Crippen LogP contribution in [0.3, 0.4) is 0 Å². The minimum absolute atomic E-state index is 0. The summed E-state index contributed by atoms with van der Waals surface area (Å²) in [5.41, 5.74) is 0. The van der Waals surface area contributed by atoms with Crippen molar-refractivity contribution in [3.63, 3.8) is 0 Å². The second kappa shape index (κ2) is 14.4. The van der Waals surface area contributed by atoms with Gasteiger partial charge in [-0.25, -0.2) is 0 Å². The molecule has 140 valence electrons. The predicted molar refractivity (Wildman–Crippen MR) is 112 cm³/mol. The van der Waals surface area contributed by atoms with Crippen LogP contribution in [0.25, 0.3) is 0 Å². The van der Waals surface area contributed by atoms with Crippen LogP contribution in [0, 0.1) is 0 Å². The molecule has 2 N–H and O–H groups in total. The van der Waals surface area contributed by atoms with Gasteiger partial charge in [0.2, 0.25) is 0 Å². The van der Waals surface area contributed by atoms with E-state index in [2.05, 4.69) is 27.6 Å². The highest BCUT2D eigenvalue weighted by molar-refractivity contribution is 14.0. The van der Waals surface area contributed by atoms with Crippen LogP contribution in [0.15, 0.2) is 4.99 Å². The van der Waals surface area contributed by atoms with Gasteiger partial charge in [-0.15, -0.1) is 24.0 Å². The van der Waals surface area contributed by atoms with E-state index in [-0.39, 0.29) is 28.7 Å². The average Bonchev–Trinajstić information content (AvgIpc) is 2.44. The van der Waals surface area contributed by atoms with Crippen LogP contribution in [0.5, 0.6) is 0 Å². The van der Waals surface area contributed by atoms with Gasteiger partial charge in [-0.05, 0) is 34.2 Å². The highest BCUT2D eigenvalue weighted by Gasteiger charge is 2.18. The van der Waals surface area contributed by atoms with Crippen LogP contribution in [0.1, 0.15) is 27.2 Å². The molecular weight excluding hydrogens is 427 g/mol. The summed E-state index contributed by atoms with van der Waals surface area (Å²) in [6.07, 6.45) is 1.04. The van der Waals surface area contributed by atoms with Gasteiger partial charge in [0.15, 0.2) is 5.96 Å². The lowest BCUT2D eigenvalue weighted by atomic mass is 10.3. The van der Waals surface area contributed by atoms with E-state index >= 15 is 0 Å². The number of rotatable bonds is 10. The zero-order valence-electron chi connectivity index (χ0n) is 15.5. The molecule has 0 aromatic carbocycles. The van der Waals surface area contributed by atoms with E-state index in [0.29, 0.717) is 12.3 Å². The molecule has 0 aliphatic heterocycles. The largest absolute Gasteiger partial charge is 0.385 e. The van der Waals surface area contributed by atoms with Crippen molar-refractivity contribution in [1.82, 2.24) is 15.5 Å². The Morgan fingerprint density at radius 1 is 1.22 bits per heavy atom. The maximum atomic E-state index is 12.0. The maximum Gasteiger partial charge on any atom is 0.191 e. The molecule has 1 atom stereocenters. The van der Waals surface area contributed by atoms with Crippen LogP contribution in [0.4, 0.5) is 0 Å². The Hall–Kier alpha value is 0.0700. The van der Waals surface area contributed by atoms with E-state index in [1.54, 1.807) is 14.2 Å². The molecule has 0 saturated carbocycles. The molecule has 0 fully saturated rings. The van der Waals surface area contributed by atoms with Crippen LogP contribution < -0.4 is 10.6 Å². The molecule has 0 aliphatic carbocycles. The number of likely N-dealkylation sites (N-methyl/N-ethyl adjacent to an activating group) is 1. The molecule has 0 heterocycles. The Labute approximate surface area is 161 Å². The molecule has 1 unspecified atom stereocenters. The summed E-state index contributed by atoms with van der Waals surface area (Å²) in [5.74, 6) is 1.39. The molecule has 0 amide bonds. The van der Waals surface area contributed by atoms with Crippen molar-refractivity contribution in [3.8, 4) is 0 Å². The summed E-state index contributed by atoms with van der Waals surface area (Å²) >= 11 is 0. The van der Waals surface area contributed by atoms with E-state index in [1.807, 2.05) is 20.8 Å². The van der Waals surface area contributed by atoms with Crippen LogP contribution in [-0.2, 0) is 15.5 Å². The lowest BCUT2D eigenvalue weighted by Crippen LogP contribution is -2.43. The minimum Gasteiger partial charge on any atom is -0.385 e. The zero-order chi connectivity index (χ0) is 17.0. The number of ether oxygens (including phenoxy) is 1. The summed E-state index contributed by atoms with van der Waals surface area (Å²) in [6.45, 7) is 10.2. The van der Waals surface area contributed by atoms with Crippen LogP contribution in [0.2, 0.25) is 0 Å². The highest BCUT2D eigenvalue weighted by Crippen LogP contribution is 2.10. The molecule has 0 rings (SSSR count). The first-order valence-corrected chi connectivity index (χ1v) is 9.13. The minimum atomic E-state index is -0.839. The summed E-state index contributed by atoms with van der Waals surface area (Å²) in [6, 6.07) is 0. The van der Waals surface area contributed by atoms with Crippen LogP contribution >= 0.6 is 24.0 Å². The van der Waals surface area contributed by atoms with Crippen molar-refractivity contribution in [2.45, 2.75) is 31.9 Å². The Morgan fingerprint density at radius 2 is 1.83 bits per heavy atom. The molecule has 0 aliphatic rings. The Kier molecular flexibility index (Phi) is 15.9. The normalized spacial score (nSPS) is 13.6. The number of aliphatic imine (C=N–C) groups is 1. The Bertz CT molecular complexity index is 349. The number of methoxy groups -OCH3 is 1.